The molecule has 120 valence electrons. The summed E-state index contributed by atoms with van der Waals surface area (Å²) in [6.45, 7) is 0.00287. The maximum atomic E-state index is 12.6. The van der Waals surface area contributed by atoms with Gasteiger partial charge < -0.3 is 10.4 Å². The minimum Gasteiger partial charge on any atom is -0.396 e. The molecule has 0 aromatic heterocycles. The Kier molecular flexibility index (Phi) is 4.10. The van der Waals surface area contributed by atoms with Crippen LogP contribution in [-0.4, -0.2) is 29.1 Å². The summed E-state index contributed by atoms with van der Waals surface area (Å²) in [7, 11) is 0. The quantitative estimate of drug-likeness (QED) is 0.642. The Hall–Kier alpha value is -2.16. The predicted molar refractivity (Wildman–Crippen MR) is 69.2 cm³/mol. The molecule has 1 aliphatic carbocycles. The first-order valence-corrected chi connectivity index (χ1v) is 6.43. The van der Waals surface area contributed by atoms with Crippen LogP contribution in [0.15, 0.2) is 18.2 Å². The third-order valence-electron chi connectivity index (χ3n) is 3.68. The van der Waals surface area contributed by atoms with Crippen LogP contribution in [0, 0.1) is 15.5 Å². The molecule has 0 spiro atoms. The molecule has 9 heteroatoms. The minimum absolute atomic E-state index is 0.123. The van der Waals surface area contributed by atoms with Gasteiger partial charge in [0.1, 0.15) is 5.56 Å². The van der Waals surface area contributed by atoms with Crippen molar-refractivity contribution in [2.24, 2.45) is 5.41 Å². The molecule has 0 aliphatic heterocycles. The number of benzene rings is 1. The van der Waals surface area contributed by atoms with Crippen LogP contribution in [0.5, 0.6) is 0 Å². The summed E-state index contributed by atoms with van der Waals surface area (Å²) >= 11 is 0. The Labute approximate surface area is 123 Å². The van der Waals surface area contributed by atoms with Crippen molar-refractivity contribution in [2.45, 2.75) is 19.0 Å². The summed E-state index contributed by atoms with van der Waals surface area (Å²) < 4.78 is 37.7. The van der Waals surface area contributed by atoms with Gasteiger partial charge in [-0.05, 0) is 25.0 Å². The topological polar surface area (TPSA) is 92.5 Å². The first-order chi connectivity index (χ1) is 10.2. The van der Waals surface area contributed by atoms with Crippen molar-refractivity contribution in [1.29, 1.82) is 0 Å². The van der Waals surface area contributed by atoms with Crippen molar-refractivity contribution in [2.75, 3.05) is 13.2 Å². The fourth-order valence-corrected chi connectivity index (χ4v) is 1.98. The van der Waals surface area contributed by atoms with Crippen molar-refractivity contribution in [3.8, 4) is 0 Å². The average molecular weight is 318 g/mol. The van der Waals surface area contributed by atoms with Crippen LogP contribution in [0.3, 0.4) is 0 Å². The Morgan fingerprint density at radius 3 is 2.50 bits per heavy atom. The van der Waals surface area contributed by atoms with Crippen LogP contribution in [0.25, 0.3) is 0 Å². The number of aliphatic hydroxyl groups is 1. The van der Waals surface area contributed by atoms with Crippen molar-refractivity contribution in [1.82, 2.24) is 5.32 Å². The number of alkyl halides is 3. The molecule has 0 unspecified atom stereocenters. The van der Waals surface area contributed by atoms with Crippen LogP contribution in [0.2, 0.25) is 0 Å². The van der Waals surface area contributed by atoms with E-state index in [1.54, 1.807) is 0 Å². The van der Waals surface area contributed by atoms with Crippen molar-refractivity contribution < 1.29 is 28.0 Å². The monoisotopic (exact) mass is 318 g/mol. The summed E-state index contributed by atoms with van der Waals surface area (Å²) in [5.41, 5.74) is -2.94. The van der Waals surface area contributed by atoms with Gasteiger partial charge in [-0.25, -0.2) is 0 Å². The van der Waals surface area contributed by atoms with Crippen molar-refractivity contribution in [3.05, 3.63) is 39.4 Å². The second-order valence-corrected chi connectivity index (χ2v) is 5.33. The van der Waals surface area contributed by atoms with E-state index >= 15 is 0 Å². The molecule has 0 atom stereocenters. The van der Waals surface area contributed by atoms with Gasteiger partial charge in [0, 0.05) is 18.0 Å². The summed E-state index contributed by atoms with van der Waals surface area (Å²) in [6.07, 6.45) is -3.29. The Bertz CT molecular complexity index is 612. The van der Waals surface area contributed by atoms with Gasteiger partial charge in [0.2, 0.25) is 0 Å². The van der Waals surface area contributed by atoms with E-state index in [0.29, 0.717) is 12.1 Å². The van der Waals surface area contributed by atoms with Gasteiger partial charge in [0.05, 0.1) is 17.1 Å². The van der Waals surface area contributed by atoms with E-state index in [4.69, 9.17) is 5.11 Å². The smallest absolute Gasteiger partial charge is 0.396 e. The first kappa shape index (κ1) is 16.2. The van der Waals surface area contributed by atoms with E-state index in [9.17, 15) is 28.1 Å². The van der Waals surface area contributed by atoms with Gasteiger partial charge in [-0.3, -0.25) is 14.9 Å². The maximum Gasteiger partial charge on any atom is 0.416 e. The van der Waals surface area contributed by atoms with E-state index in [1.165, 1.54) is 0 Å². The lowest BCUT2D eigenvalue weighted by Crippen LogP contribution is -2.32. The fourth-order valence-electron chi connectivity index (χ4n) is 1.98. The molecular formula is C13H13F3N2O4. The molecule has 0 radical (unpaired) electrons. The molecule has 1 fully saturated rings. The molecule has 1 aromatic rings. The fraction of sp³-hybridized carbons (Fsp3) is 0.462. The molecule has 0 heterocycles. The maximum absolute atomic E-state index is 12.6. The number of hydrogen-bond donors (Lipinski definition) is 2. The van der Waals surface area contributed by atoms with Crippen LogP contribution in [0.1, 0.15) is 28.8 Å². The van der Waals surface area contributed by atoms with E-state index < -0.39 is 39.2 Å². The summed E-state index contributed by atoms with van der Waals surface area (Å²) in [4.78, 5) is 21.8. The van der Waals surface area contributed by atoms with E-state index in [2.05, 4.69) is 5.32 Å². The number of aliphatic hydroxyl groups excluding tert-OH is 1. The molecule has 2 N–H and O–H groups in total. The molecular weight excluding hydrogens is 305 g/mol. The number of carbonyl (C=O) groups excluding carboxylic acids is 1. The number of amides is 1. The standard InChI is InChI=1S/C13H13F3N2O4/c14-13(15,16)8-1-2-9(10(5-8)18(21)22)11(20)17-6-12(7-19)3-4-12/h1-2,5,19H,3-4,6-7H2,(H,17,20). The molecule has 1 amide bonds. The van der Waals surface area contributed by atoms with Crippen LogP contribution in [-0.2, 0) is 6.18 Å². The Balaban J connectivity index is 2.22. The molecule has 6 nitrogen and oxygen atoms in total. The molecule has 1 aromatic carbocycles. The number of nitrogens with one attached hydrogen (secondary N) is 1. The molecule has 1 saturated carbocycles. The highest BCUT2D eigenvalue weighted by Crippen LogP contribution is 2.44. The highest BCUT2D eigenvalue weighted by molar-refractivity contribution is 5.98. The first-order valence-electron chi connectivity index (χ1n) is 6.43. The zero-order chi connectivity index (χ0) is 16.5. The van der Waals surface area contributed by atoms with E-state index in [1.807, 2.05) is 0 Å². The molecule has 2 rings (SSSR count). The van der Waals surface area contributed by atoms with Gasteiger partial charge in [-0.2, -0.15) is 13.2 Å². The third-order valence-corrected chi connectivity index (χ3v) is 3.68. The zero-order valence-corrected chi connectivity index (χ0v) is 11.3. The number of nitro groups is 1. The van der Waals surface area contributed by atoms with Crippen molar-refractivity contribution in [3.63, 3.8) is 0 Å². The average Bonchev–Trinajstić information content (AvgIpc) is 3.23. The second-order valence-electron chi connectivity index (χ2n) is 5.33. The van der Waals surface area contributed by atoms with Crippen molar-refractivity contribution >= 4 is 11.6 Å². The number of hydrogen-bond acceptors (Lipinski definition) is 4. The SMILES string of the molecule is O=C(NCC1(CO)CC1)c1ccc(C(F)(F)F)cc1[N+](=O)[O-]. The number of rotatable bonds is 5. The van der Waals surface area contributed by atoms with E-state index in [-0.39, 0.29) is 13.2 Å². The summed E-state index contributed by atoms with van der Waals surface area (Å²) in [5.74, 6) is -0.833. The normalized spacial score (nSPS) is 16.2. The Morgan fingerprint density at radius 2 is 2.05 bits per heavy atom. The molecule has 1 aliphatic rings. The Morgan fingerprint density at radius 1 is 1.41 bits per heavy atom. The van der Waals surface area contributed by atoms with E-state index in [0.717, 1.165) is 18.9 Å². The number of nitrogens with zero attached hydrogens (tertiary/aromatic N) is 1. The zero-order valence-electron chi connectivity index (χ0n) is 11.3. The highest BCUT2D eigenvalue weighted by Gasteiger charge is 2.42. The lowest BCUT2D eigenvalue weighted by molar-refractivity contribution is -0.385. The highest BCUT2D eigenvalue weighted by atomic mass is 19.4. The predicted octanol–water partition coefficient (Wildman–Crippen LogP) is 2.12. The van der Waals surface area contributed by atoms with Gasteiger partial charge in [0.25, 0.3) is 11.6 Å². The largest absolute Gasteiger partial charge is 0.416 e. The van der Waals surface area contributed by atoms with Gasteiger partial charge >= 0.3 is 6.18 Å². The molecule has 0 bridgehead atoms. The second kappa shape index (κ2) is 5.56. The number of carbonyl (C=O) groups is 1. The molecule has 22 heavy (non-hydrogen) atoms. The third kappa shape index (κ3) is 3.35. The van der Waals surface area contributed by atoms with Crippen LogP contribution >= 0.6 is 0 Å². The van der Waals surface area contributed by atoms with Gasteiger partial charge in [0.15, 0.2) is 0 Å². The number of nitro benzene ring substituents is 1. The summed E-state index contributed by atoms with van der Waals surface area (Å²) in [5, 5.41) is 22.4. The minimum atomic E-state index is -4.73. The van der Waals surface area contributed by atoms with Crippen LogP contribution < -0.4 is 5.32 Å². The van der Waals surface area contributed by atoms with Gasteiger partial charge in [-0.15, -0.1) is 0 Å². The molecule has 0 saturated heterocycles. The number of halogens is 3. The summed E-state index contributed by atoms with van der Waals surface area (Å²) in [6, 6.07) is 1.75. The van der Waals surface area contributed by atoms with Gasteiger partial charge in [-0.1, -0.05) is 0 Å². The lowest BCUT2D eigenvalue weighted by atomic mass is 10.1. The lowest BCUT2D eigenvalue weighted by Gasteiger charge is -2.13. The van der Waals surface area contributed by atoms with Crippen LogP contribution in [0.4, 0.5) is 18.9 Å².